The maximum absolute atomic E-state index is 5.53. The highest BCUT2D eigenvalue weighted by Crippen LogP contribution is 2.40. The van der Waals surface area contributed by atoms with E-state index in [1.54, 1.807) is 0 Å². The van der Waals surface area contributed by atoms with Crippen molar-refractivity contribution < 1.29 is 9.47 Å². The summed E-state index contributed by atoms with van der Waals surface area (Å²) in [6.45, 7) is 4.69. The first-order chi connectivity index (χ1) is 10.7. The smallest absolute Gasteiger partial charge is 0.231 e. The molecule has 1 aliphatic heterocycles. The molecule has 1 aliphatic rings. The second kappa shape index (κ2) is 4.73. The van der Waals surface area contributed by atoms with Crippen molar-refractivity contribution in [1.82, 2.24) is 4.98 Å². The largest absolute Gasteiger partial charge is 0.454 e. The molecule has 0 unspecified atom stereocenters. The molecule has 3 nitrogen and oxygen atoms in total. The van der Waals surface area contributed by atoms with E-state index in [0.29, 0.717) is 0 Å². The third kappa shape index (κ3) is 1.93. The molecular formula is C19H17NO2. The normalized spacial score (nSPS) is 13.5. The van der Waals surface area contributed by atoms with E-state index in [1.807, 2.05) is 30.5 Å². The van der Waals surface area contributed by atoms with Crippen molar-refractivity contribution in [3.63, 3.8) is 0 Å². The van der Waals surface area contributed by atoms with Gasteiger partial charge in [0.2, 0.25) is 6.79 Å². The Morgan fingerprint density at radius 1 is 0.955 bits per heavy atom. The SMILES string of the molecule is CC(C)(c1ccccc1)c1nccc2cc3c(cc12)OCO3. The zero-order valence-corrected chi connectivity index (χ0v) is 12.7. The van der Waals surface area contributed by atoms with Gasteiger partial charge in [-0.15, -0.1) is 0 Å². The summed E-state index contributed by atoms with van der Waals surface area (Å²) in [6.07, 6.45) is 1.87. The number of fused-ring (bicyclic) bond motifs is 2. The van der Waals surface area contributed by atoms with Crippen LogP contribution in [0.3, 0.4) is 0 Å². The summed E-state index contributed by atoms with van der Waals surface area (Å²) in [5.41, 5.74) is 2.11. The van der Waals surface area contributed by atoms with Crippen LogP contribution in [-0.4, -0.2) is 11.8 Å². The molecule has 110 valence electrons. The van der Waals surface area contributed by atoms with Crippen LogP contribution in [0.5, 0.6) is 11.5 Å². The predicted octanol–water partition coefficient (Wildman–Crippen LogP) is 4.29. The van der Waals surface area contributed by atoms with Crippen molar-refractivity contribution in [2.24, 2.45) is 0 Å². The lowest BCUT2D eigenvalue weighted by atomic mass is 9.79. The number of benzene rings is 2. The van der Waals surface area contributed by atoms with Crippen molar-refractivity contribution in [3.8, 4) is 11.5 Å². The van der Waals surface area contributed by atoms with E-state index in [4.69, 9.17) is 9.47 Å². The van der Waals surface area contributed by atoms with Crippen molar-refractivity contribution in [2.75, 3.05) is 6.79 Å². The first-order valence-corrected chi connectivity index (χ1v) is 7.40. The Hall–Kier alpha value is -2.55. The molecule has 0 atom stereocenters. The molecule has 0 fully saturated rings. The maximum Gasteiger partial charge on any atom is 0.231 e. The Kier molecular flexibility index (Phi) is 2.83. The van der Waals surface area contributed by atoms with Gasteiger partial charge in [0.15, 0.2) is 11.5 Å². The molecule has 0 aliphatic carbocycles. The topological polar surface area (TPSA) is 31.4 Å². The summed E-state index contributed by atoms with van der Waals surface area (Å²) in [5, 5.41) is 2.24. The molecule has 22 heavy (non-hydrogen) atoms. The average Bonchev–Trinajstić information content (AvgIpc) is 3.00. The molecule has 0 radical (unpaired) electrons. The van der Waals surface area contributed by atoms with Crippen molar-refractivity contribution in [3.05, 3.63) is 66.0 Å². The Bertz CT molecular complexity index is 841. The summed E-state index contributed by atoms with van der Waals surface area (Å²) < 4.78 is 11.0. The number of rotatable bonds is 2. The number of ether oxygens (including phenoxy) is 2. The molecule has 0 N–H and O–H groups in total. The first kappa shape index (κ1) is 13.1. The number of hydrogen-bond donors (Lipinski definition) is 0. The fraction of sp³-hybridized carbons (Fsp3) is 0.211. The Morgan fingerprint density at radius 2 is 1.68 bits per heavy atom. The summed E-state index contributed by atoms with van der Waals surface area (Å²) in [5.74, 6) is 1.60. The zero-order chi connectivity index (χ0) is 15.2. The van der Waals surface area contributed by atoms with E-state index < -0.39 is 0 Å². The van der Waals surface area contributed by atoms with Crippen LogP contribution >= 0.6 is 0 Å². The fourth-order valence-corrected chi connectivity index (χ4v) is 3.05. The maximum atomic E-state index is 5.53. The van der Waals surface area contributed by atoms with Gasteiger partial charge in [-0.3, -0.25) is 4.98 Å². The van der Waals surface area contributed by atoms with Crippen LogP contribution < -0.4 is 9.47 Å². The van der Waals surface area contributed by atoms with Crippen LogP contribution in [0, 0.1) is 0 Å². The van der Waals surface area contributed by atoms with E-state index in [1.165, 1.54) is 5.56 Å². The third-order valence-electron chi connectivity index (χ3n) is 4.35. The van der Waals surface area contributed by atoms with Gasteiger partial charge in [-0.2, -0.15) is 0 Å². The lowest BCUT2D eigenvalue weighted by Crippen LogP contribution is -2.20. The zero-order valence-electron chi connectivity index (χ0n) is 12.7. The van der Waals surface area contributed by atoms with Gasteiger partial charge in [0, 0.05) is 17.0 Å². The second-order valence-electron chi connectivity index (χ2n) is 6.08. The highest BCUT2D eigenvalue weighted by atomic mass is 16.7. The van der Waals surface area contributed by atoms with E-state index in [9.17, 15) is 0 Å². The molecule has 0 bridgehead atoms. The van der Waals surface area contributed by atoms with Crippen LogP contribution in [0.25, 0.3) is 10.8 Å². The molecule has 1 aromatic heterocycles. The van der Waals surface area contributed by atoms with Crippen LogP contribution in [0.15, 0.2) is 54.7 Å². The van der Waals surface area contributed by atoms with E-state index in [2.05, 4.69) is 43.1 Å². The van der Waals surface area contributed by atoms with Gasteiger partial charge in [-0.25, -0.2) is 0 Å². The molecule has 2 aromatic carbocycles. The Labute approximate surface area is 129 Å². The summed E-state index contributed by atoms with van der Waals surface area (Å²) in [6, 6.07) is 16.6. The van der Waals surface area contributed by atoms with Crippen LogP contribution in [0.4, 0.5) is 0 Å². The monoisotopic (exact) mass is 291 g/mol. The van der Waals surface area contributed by atoms with Gasteiger partial charge in [0.05, 0.1) is 5.69 Å². The standard InChI is InChI=1S/C19H17NO2/c1-19(2,14-6-4-3-5-7-14)18-15-11-17-16(21-12-22-17)10-13(15)8-9-20-18/h3-11H,12H2,1-2H3. The lowest BCUT2D eigenvalue weighted by molar-refractivity contribution is 0.174. The summed E-state index contributed by atoms with van der Waals surface area (Å²) in [7, 11) is 0. The Morgan fingerprint density at radius 3 is 2.45 bits per heavy atom. The Balaban J connectivity index is 1.95. The molecule has 4 rings (SSSR count). The highest BCUT2D eigenvalue weighted by Gasteiger charge is 2.27. The van der Waals surface area contributed by atoms with Gasteiger partial charge in [0.1, 0.15) is 0 Å². The molecule has 0 saturated heterocycles. The molecule has 0 saturated carbocycles. The highest BCUT2D eigenvalue weighted by molar-refractivity contribution is 5.89. The summed E-state index contributed by atoms with van der Waals surface area (Å²) in [4.78, 5) is 4.68. The molecule has 3 heteroatoms. The molecule has 0 spiro atoms. The van der Waals surface area contributed by atoms with Gasteiger partial charge < -0.3 is 9.47 Å². The van der Waals surface area contributed by atoms with E-state index in [-0.39, 0.29) is 12.2 Å². The fourth-order valence-electron chi connectivity index (χ4n) is 3.05. The van der Waals surface area contributed by atoms with Gasteiger partial charge >= 0.3 is 0 Å². The van der Waals surface area contributed by atoms with E-state index >= 15 is 0 Å². The predicted molar refractivity (Wildman–Crippen MR) is 86.4 cm³/mol. The summed E-state index contributed by atoms with van der Waals surface area (Å²) >= 11 is 0. The average molecular weight is 291 g/mol. The minimum Gasteiger partial charge on any atom is -0.454 e. The van der Waals surface area contributed by atoms with Gasteiger partial charge in [0.25, 0.3) is 0 Å². The minimum atomic E-state index is -0.186. The second-order valence-corrected chi connectivity index (χ2v) is 6.08. The molecule has 3 aromatic rings. The van der Waals surface area contributed by atoms with Crippen LogP contribution in [-0.2, 0) is 5.41 Å². The quantitative estimate of drug-likeness (QED) is 0.706. The van der Waals surface area contributed by atoms with Crippen molar-refractivity contribution in [1.29, 1.82) is 0 Å². The van der Waals surface area contributed by atoms with Gasteiger partial charge in [-0.1, -0.05) is 44.2 Å². The van der Waals surface area contributed by atoms with Crippen molar-refractivity contribution in [2.45, 2.75) is 19.3 Å². The third-order valence-corrected chi connectivity index (χ3v) is 4.35. The number of nitrogens with zero attached hydrogens (tertiary/aromatic N) is 1. The number of hydrogen-bond acceptors (Lipinski definition) is 3. The van der Waals surface area contributed by atoms with Crippen LogP contribution in [0.2, 0.25) is 0 Å². The lowest BCUT2D eigenvalue weighted by Gasteiger charge is -2.26. The number of aromatic nitrogens is 1. The number of pyridine rings is 1. The first-order valence-electron chi connectivity index (χ1n) is 7.40. The van der Waals surface area contributed by atoms with E-state index in [0.717, 1.165) is 28.0 Å². The molecule has 2 heterocycles. The minimum absolute atomic E-state index is 0.186. The van der Waals surface area contributed by atoms with Crippen molar-refractivity contribution >= 4 is 10.8 Å². The van der Waals surface area contributed by atoms with Crippen LogP contribution in [0.1, 0.15) is 25.1 Å². The molecule has 0 amide bonds. The van der Waals surface area contributed by atoms with Gasteiger partial charge in [-0.05, 0) is 29.1 Å². The molecular weight excluding hydrogens is 274 g/mol.